The minimum absolute atomic E-state index is 0.121. The van der Waals surface area contributed by atoms with Gasteiger partial charge in [0.15, 0.2) is 0 Å². The maximum atomic E-state index is 12.2. The highest BCUT2D eigenvalue weighted by atomic mass is 35.5. The van der Waals surface area contributed by atoms with Crippen molar-refractivity contribution in [2.75, 3.05) is 0 Å². The van der Waals surface area contributed by atoms with Crippen molar-refractivity contribution in [2.45, 2.75) is 71.5 Å². The molecular weight excluding hydrogens is 332 g/mol. The first-order valence-corrected chi connectivity index (χ1v) is 9.73. The van der Waals surface area contributed by atoms with E-state index in [1.807, 2.05) is 26.0 Å². The van der Waals surface area contributed by atoms with Crippen molar-refractivity contribution in [3.63, 3.8) is 0 Å². The van der Waals surface area contributed by atoms with E-state index in [0.717, 1.165) is 30.0 Å². The molecule has 3 unspecified atom stereocenters. The molecule has 3 atom stereocenters. The van der Waals surface area contributed by atoms with E-state index in [-0.39, 0.29) is 17.9 Å². The average molecular weight is 363 g/mol. The van der Waals surface area contributed by atoms with Crippen LogP contribution in [0.4, 0.5) is 0 Å². The number of nitrogens with zero attached hydrogens (tertiary/aromatic N) is 1. The number of carbonyl (C=O) groups excluding carboxylic acids is 1. The molecule has 1 N–H and O–H groups in total. The lowest BCUT2D eigenvalue weighted by Gasteiger charge is -2.46. The van der Waals surface area contributed by atoms with Crippen molar-refractivity contribution in [2.24, 2.45) is 5.92 Å². The Kier molecular flexibility index (Phi) is 6.95. The number of nitrogens with one attached hydrogen (secondary N) is 1. The Morgan fingerprint density at radius 3 is 2.48 bits per heavy atom. The van der Waals surface area contributed by atoms with Crippen LogP contribution in [0.3, 0.4) is 0 Å². The number of likely N-dealkylation sites (tertiary alicyclic amines) is 1. The van der Waals surface area contributed by atoms with Crippen LogP contribution in [0.2, 0.25) is 5.02 Å². The van der Waals surface area contributed by atoms with Gasteiger partial charge < -0.3 is 10.2 Å². The molecule has 1 aromatic rings. The van der Waals surface area contributed by atoms with Gasteiger partial charge in [-0.25, -0.2) is 0 Å². The van der Waals surface area contributed by atoms with E-state index in [0.29, 0.717) is 18.5 Å². The molecule has 1 heterocycles. The summed E-state index contributed by atoms with van der Waals surface area (Å²) in [4.78, 5) is 14.6. The van der Waals surface area contributed by atoms with Gasteiger partial charge in [0.05, 0.1) is 6.04 Å². The summed E-state index contributed by atoms with van der Waals surface area (Å²) in [6.07, 6.45) is 3.60. The highest BCUT2D eigenvalue weighted by Crippen LogP contribution is 2.42. The summed E-state index contributed by atoms with van der Waals surface area (Å²) in [7, 11) is 0. The van der Waals surface area contributed by atoms with Crippen LogP contribution in [0.25, 0.3) is 0 Å². The topological polar surface area (TPSA) is 32.3 Å². The smallest absolute Gasteiger partial charge is 0.220 e. The normalized spacial score (nSPS) is 22.2. The van der Waals surface area contributed by atoms with E-state index in [2.05, 4.69) is 42.8 Å². The van der Waals surface area contributed by atoms with Gasteiger partial charge in [0.25, 0.3) is 0 Å². The standard InChI is InChI=1S/C21H31ClN2O/c1-6-15(4)24-16(5)18(13-21(25)23-14(2)3)9-12-20(24)17-7-10-19(22)11-8-17/h7-8,10-11,14-15,18,20H,5-6,9,12-13H2,1-4H3,(H,23,25). The number of hydrogen-bond acceptors (Lipinski definition) is 2. The van der Waals surface area contributed by atoms with Gasteiger partial charge >= 0.3 is 0 Å². The summed E-state index contributed by atoms with van der Waals surface area (Å²) in [6.45, 7) is 12.8. The van der Waals surface area contributed by atoms with Crippen molar-refractivity contribution in [1.29, 1.82) is 0 Å². The Bertz CT molecular complexity index is 596. The number of piperidine rings is 1. The molecule has 1 saturated heterocycles. The van der Waals surface area contributed by atoms with Crippen molar-refractivity contribution >= 4 is 17.5 Å². The quantitative estimate of drug-likeness (QED) is 0.742. The van der Waals surface area contributed by atoms with E-state index in [4.69, 9.17) is 11.6 Å². The summed E-state index contributed by atoms with van der Waals surface area (Å²) in [5.41, 5.74) is 2.37. The summed E-state index contributed by atoms with van der Waals surface area (Å²) in [5.74, 6) is 0.339. The lowest BCUT2D eigenvalue weighted by molar-refractivity contribution is -0.122. The number of hydrogen-bond donors (Lipinski definition) is 1. The number of amides is 1. The monoisotopic (exact) mass is 362 g/mol. The first-order chi connectivity index (χ1) is 11.8. The predicted molar refractivity (Wildman–Crippen MR) is 106 cm³/mol. The predicted octanol–water partition coefficient (Wildman–Crippen LogP) is 5.32. The summed E-state index contributed by atoms with van der Waals surface area (Å²) in [5, 5.41) is 3.77. The fourth-order valence-electron chi connectivity index (χ4n) is 3.70. The van der Waals surface area contributed by atoms with Gasteiger partial charge in [-0.15, -0.1) is 0 Å². The van der Waals surface area contributed by atoms with Crippen LogP contribution in [-0.2, 0) is 4.79 Å². The Balaban J connectivity index is 2.18. The van der Waals surface area contributed by atoms with Gasteiger partial charge in [-0.05, 0) is 57.7 Å². The van der Waals surface area contributed by atoms with Gasteiger partial charge in [0.2, 0.25) is 5.91 Å². The van der Waals surface area contributed by atoms with Gasteiger partial charge in [0, 0.05) is 35.1 Å². The first-order valence-electron chi connectivity index (χ1n) is 9.35. The Hall–Kier alpha value is -1.48. The largest absolute Gasteiger partial charge is 0.365 e. The van der Waals surface area contributed by atoms with Crippen molar-refractivity contribution in [3.05, 3.63) is 47.1 Å². The van der Waals surface area contributed by atoms with Crippen LogP contribution in [-0.4, -0.2) is 22.9 Å². The number of carbonyl (C=O) groups is 1. The molecule has 0 aromatic heterocycles. The lowest BCUT2D eigenvalue weighted by atomic mass is 9.83. The fraction of sp³-hybridized carbons (Fsp3) is 0.571. The minimum Gasteiger partial charge on any atom is -0.365 e. The molecule has 1 aromatic carbocycles. The maximum absolute atomic E-state index is 12.2. The maximum Gasteiger partial charge on any atom is 0.220 e. The molecule has 3 nitrogen and oxygen atoms in total. The van der Waals surface area contributed by atoms with Gasteiger partial charge in [0.1, 0.15) is 0 Å². The van der Waals surface area contributed by atoms with Crippen molar-refractivity contribution < 1.29 is 4.79 Å². The second-order valence-electron chi connectivity index (χ2n) is 7.42. The third-order valence-electron chi connectivity index (χ3n) is 5.13. The lowest BCUT2D eigenvalue weighted by Crippen LogP contribution is -2.42. The molecule has 1 fully saturated rings. The molecule has 1 aliphatic heterocycles. The van der Waals surface area contributed by atoms with Crippen LogP contribution in [0.1, 0.15) is 65.0 Å². The van der Waals surface area contributed by atoms with Crippen LogP contribution >= 0.6 is 11.6 Å². The van der Waals surface area contributed by atoms with E-state index in [9.17, 15) is 4.79 Å². The van der Waals surface area contributed by atoms with Crippen molar-refractivity contribution in [1.82, 2.24) is 10.2 Å². The Morgan fingerprint density at radius 1 is 1.28 bits per heavy atom. The minimum atomic E-state index is 0.121. The van der Waals surface area contributed by atoms with Crippen LogP contribution in [0, 0.1) is 5.92 Å². The highest BCUT2D eigenvalue weighted by molar-refractivity contribution is 6.30. The van der Waals surface area contributed by atoms with E-state index in [1.54, 1.807) is 0 Å². The Morgan fingerprint density at radius 2 is 1.92 bits per heavy atom. The van der Waals surface area contributed by atoms with E-state index < -0.39 is 0 Å². The molecular formula is C21H31ClN2O. The molecule has 0 saturated carbocycles. The molecule has 0 bridgehead atoms. The SMILES string of the molecule is C=C1C(CC(=O)NC(C)C)CCC(c2ccc(Cl)cc2)N1C(C)CC. The zero-order valence-corrected chi connectivity index (χ0v) is 16.6. The zero-order valence-electron chi connectivity index (χ0n) is 15.9. The molecule has 0 radical (unpaired) electrons. The third kappa shape index (κ3) is 5.01. The summed E-state index contributed by atoms with van der Waals surface area (Å²) in [6, 6.07) is 9.01. The second-order valence-corrected chi connectivity index (χ2v) is 7.86. The number of benzene rings is 1. The average Bonchev–Trinajstić information content (AvgIpc) is 2.56. The van der Waals surface area contributed by atoms with Crippen LogP contribution < -0.4 is 5.32 Å². The first kappa shape index (κ1) is 19.8. The molecule has 0 aliphatic carbocycles. The van der Waals surface area contributed by atoms with Gasteiger partial charge in [-0.3, -0.25) is 4.79 Å². The molecule has 1 amide bonds. The molecule has 2 rings (SSSR count). The fourth-order valence-corrected chi connectivity index (χ4v) is 3.83. The van der Waals surface area contributed by atoms with Gasteiger partial charge in [-0.1, -0.05) is 37.2 Å². The Labute approximate surface area is 157 Å². The van der Waals surface area contributed by atoms with Crippen LogP contribution in [0.5, 0.6) is 0 Å². The number of allylic oxidation sites excluding steroid dienone is 1. The van der Waals surface area contributed by atoms with Gasteiger partial charge in [-0.2, -0.15) is 0 Å². The van der Waals surface area contributed by atoms with Crippen LogP contribution in [0.15, 0.2) is 36.5 Å². The van der Waals surface area contributed by atoms with E-state index >= 15 is 0 Å². The molecule has 0 spiro atoms. The molecule has 4 heteroatoms. The third-order valence-corrected chi connectivity index (χ3v) is 5.38. The molecule has 1 aliphatic rings. The highest BCUT2D eigenvalue weighted by Gasteiger charge is 2.35. The number of halogens is 1. The zero-order chi connectivity index (χ0) is 18.6. The number of rotatable bonds is 6. The second kappa shape index (κ2) is 8.75. The molecule has 138 valence electrons. The summed E-state index contributed by atoms with van der Waals surface area (Å²) >= 11 is 6.05. The molecule has 25 heavy (non-hydrogen) atoms. The summed E-state index contributed by atoms with van der Waals surface area (Å²) < 4.78 is 0. The van der Waals surface area contributed by atoms with E-state index in [1.165, 1.54) is 5.56 Å². The van der Waals surface area contributed by atoms with Crippen molar-refractivity contribution in [3.8, 4) is 0 Å².